The predicted molar refractivity (Wildman–Crippen MR) is 135 cm³/mol. The Kier molecular flexibility index (Phi) is 7.93. The molecule has 168 valence electrons. The molecule has 0 fully saturated rings. The van der Waals surface area contributed by atoms with Crippen LogP contribution in [-0.2, 0) is 17.8 Å². The maximum atomic E-state index is 13.4. The van der Waals surface area contributed by atoms with Crippen molar-refractivity contribution in [3.63, 3.8) is 0 Å². The van der Waals surface area contributed by atoms with Crippen molar-refractivity contribution in [2.45, 2.75) is 40.2 Å². The summed E-state index contributed by atoms with van der Waals surface area (Å²) in [5, 5.41) is 1.41. The van der Waals surface area contributed by atoms with Gasteiger partial charge in [0.2, 0.25) is 5.91 Å². The van der Waals surface area contributed by atoms with Crippen LogP contribution in [0.2, 0.25) is 5.02 Å². The lowest BCUT2D eigenvalue weighted by Gasteiger charge is -2.20. The van der Waals surface area contributed by atoms with Gasteiger partial charge >= 0.3 is 0 Å². The highest BCUT2D eigenvalue weighted by atomic mass is 35.5. The van der Waals surface area contributed by atoms with E-state index in [1.807, 2.05) is 34.7 Å². The van der Waals surface area contributed by atoms with E-state index >= 15 is 0 Å². The number of hydrogen-bond acceptors (Lipinski definition) is 4. The van der Waals surface area contributed by atoms with Crippen molar-refractivity contribution in [2.24, 2.45) is 0 Å². The molecule has 2 aromatic heterocycles. The summed E-state index contributed by atoms with van der Waals surface area (Å²) in [4.78, 5) is 24.2. The van der Waals surface area contributed by atoms with Crippen molar-refractivity contribution in [3.05, 3.63) is 76.3 Å². The summed E-state index contributed by atoms with van der Waals surface area (Å²) in [6.07, 6.45) is 6.66. The van der Waals surface area contributed by atoms with Crippen LogP contribution in [0.4, 0.5) is 5.13 Å². The van der Waals surface area contributed by atoms with Crippen molar-refractivity contribution < 1.29 is 4.79 Å². The van der Waals surface area contributed by atoms with Gasteiger partial charge in [0.05, 0.1) is 23.0 Å². The summed E-state index contributed by atoms with van der Waals surface area (Å²) in [5.74, 6) is 0.0559. The number of aromatic nitrogens is 3. The van der Waals surface area contributed by atoms with E-state index in [0.29, 0.717) is 18.0 Å². The second-order valence-electron chi connectivity index (χ2n) is 7.87. The molecule has 0 atom stereocenters. The fourth-order valence-electron chi connectivity index (χ4n) is 3.72. The van der Waals surface area contributed by atoms with E-state index in [9.17, 15) is 4.79 Å². The summed E-state index contributed by atoms with van der Waals surface area (Å²) in [5.41, 5.74) is 5.31. The predicted octanol–water partition coefficient (Wildman–Crippen LogP) is 6.16. The fourth-order valence-corrected chi connectivity index (χ4v) is 5.18. The Bertz CT molecular complexity index is 1220. The smallest absolute Gasteiger partial charge is 0.233 e. The van der Waals surface area contributed by atoms with E-state index in [2.05, 4.69) is 37.0 Å². The zero-order chi connectivity index (χ0) is 22.0. The van der Waals surface area contributed by atoms with Crippen LogP contribution < -0.4 is 4.90 Å². The molecular formula is C24H26Cl2N4OS. The maximum Gasteiger partial charge on any atom is 0.233 e. The quantitative estimate of drug-likeness (QED) is 0.313. The van der Waals surface area contributed by atoms with Crippen molar-refractivity contribution in [1.82, 2.24) is 14.5 Å². The summed E-state index contributed by atoms with van der Waals surface area (Å²) >= 11 is 7.76. The van der Waals surface area contributed by atoms with Gasteiger partial charge in [0.1, 0.15) is 0 Å². The molecule has 2 heterocycles. The van der Waals surface area contributed by atoms with Gasteiger partial charge in [-0.25, -0.2) is 9.97 Å². The van der Waals surface area contributed by atoms with E-state index < -0.39 is 0 Å². The number of hydrogen-bond donors (Lipinski definition) is 0. The molecule has 0 aliphatic heterocycles. The third kappa shape index (κ3) is 5.49. The number of anilines is 1. The molecule has 1 amide bonds. The van der Waals surface area contributed by atoms with Crippen molar-refractivity contribution in [3.8, 4) is 0 Å². The number of imidazole rings is 1. The Labute approximate surface area is 203 Å². The molecule has 0 radical (unpaired) electrons. The van der Waals surface area contributed by atoms with E-state index in [0.717, 1.165) is 45.0 Å². The maximum absolute atomic E-state index is 13.4. The van der Waals surface area contributed by atoms with Crippen molar-refractivity contribution in [1.29, 1.82) is 0 Å². The van der Waals surface area contributed by atoms with Gasteiger partial charge in [-0.1, -0.05) is 46.7 Å². The number of amides is 1. The number of thiazole rings is 1. The fraction of sp³-hybridized carbons (Fsp3) is 0.292. The van der Waals surface area contributed by atoms with Crippen molar-refractivity contribution in [2.75, 3.05) is 11.4 Å². The largest absolute Gasteiger partial charge is 0.337 e. The van der Waals surface area contributed by atoms with Crippen LogP contribution in [0.15, 0.2) is 49.1 Å². The van der Waals surface area contributed by atoms with Gasteiger partial charge in [-0.15, -0.1) is 12.4 Å². The first-order valence-corrected chi connectivity index (χ1v) is 11.5. The number of fused-ring (bicyclic) bond motifs is 1. The molecule has 4 rings (SSSR count). The summed E-state index contributed by atoms with van der Waals surface area (Å²) < 4.78 is 3.02. The number of carbonyl (C=O) groups is 1. The zero-order valence-electron chi connectivity index (χ0n) is 18.3. The average molecular weight is 489 g/mol. The molecule has 0 aliphatic carbocycles. The first kappa shape index (κ1) is 24.2. The topological polar surface area (TPSA) is 51.0 Å². The molecule has 4 aromatic rings. The van der Waals surface area contributed by atoms with Crippen molar-refractivity contribution >= 4 is 56.6 Å². The second-order valence-corrected chi connectivity index (χ2v) is 9.32. The molecular weight excluding hydrogens is 463 g/mol. The van der Waals surface area contributed by atoms with E-state index in [-0.39, 0.29) is 18.3 Å². The van der Waals surface area contributed by atoms with E-state index in [1.54, 1.807) is 12.5 Å². The molecule has 32 heavy (non-hydrogen) atoms. The minimum absolute atomic E-state index is 0. The average Bonchev–Trinajstić information content (AvgIpc) is 3.37. The number of halogens is 2. The lowest BCUT2D eigenvalue weighted by atomic mass is 10.0. The lowest BCUT2D eigenvalue weighted by molar-refractivity contribution is -0.118. The Morgan fingerprint density at radius 1 is 1.16 bits per heavy atom. The first-order chi connectivity index (χ1) is 14.9. The third-order valence-electron chi connectivity index (χ3n) is 5.37. The molecule has 0 saturated heterocycles. The van der Waals surface area contributed by atoms with Gasteiger partial charge in [-0.05, 0) is 56.0 Å². The van der Waals surface area contributed by atoms with E-state index in [1.165, 1.54) is 16.9 Å². The highest BCUT2D eigenvalue weighted by molar-refractivity contribution is 7.22. The van der Waals surface area contributed by atoms with Crippen LogP contribution >= 0.6 is 35.3 Å². The summed E-state index contributed by atoms with van der Waals surface area (Å²) in [6.45, 7) is 7.51. The Hall–Kier alpha value is -2.41. The van der Waals surface area contributed by atoms with Gasteiger partial charge in [-0.2, -0.15) is 0 Å². The number of rotatable bonds is 7. The highest BCUT2D eigenvalue weighted by Gasteiger charge is 2.21. The zero-order valence-corrected chi connectivity index (χ0v) is 20.7. The van der Waals surface area contributed by atoms with Crippen LogP contribution in [0.5, 0.6) is 0 Å². The molecule has 0 aliphatic rings. The number of benzene rings is 2. The monoisotopic (exact) mass is 488 g/mol. The Morgan fingerprint density at radius 3 is 2.69 bits per heavy atom. The second kappa shape index (κ2) is 10.5. The number of aryl methyl sites for hydroxylation is 4. The Morgan fingerprint density at radius 2 is 1.97 bits per heavy atom. The minimum atomic E-state index is 0. The van der Waals surface area contributed by atoms with Gasteiger partial charge in [0.15, 0.2) is 5.13 Å². The molecule has 0 N–H and O–H groups in total. The van der Waals surface area contributed by atoms with Crippen LogP contribution in [0, 0.1) is 20.8 Å². The van der Waals surface area contributed by atoms with Crippen LogP contribution in [0.25, 0.3) is 10.2 Å². The standard InChI is InChI=1S/C24H25ClN4OS.ClH/c1-16-5-6-19(17(2)11-16)13-22(30)29(9-4-8-28-10-7-26-15-28)24-27-23-18(3)12-20(25)14-21(23)31-24;/h5-7,10-12,14-15H,4,8-9,13H2,1-3H3;1H. The van der Waals surface area contributed by atoms with Crippen LogP contribution in [-0.4, -0.2) is 27.0 Å². The lowest BCUT2D eigenvalue weighted by Crippen LogP contribution is -2.33. The summed E-state index contributed by atoms with van der Waals surface area (Å²) in [7, 11) is 0. The molecule has 2 aromatic carbocycles. The molecule has 0 saturated carbocycles. The molecule has 8 heteroatoms. The van der Waals surface area contributed by atoms with Crippen LogP contribution in [0.1, 0.15) is 28.7 Å². The van der Waals surface area contributed by atoms with Gasteiger partial charge in [-0.3, -0.25) is 9.69 Å². The van der Waals surface area contributed by atoms with E-state index in [4.69, 9.17) is 16.6 Å². The van der Waals surface area contributed by atoms with Gasteiger partial charge in [0.25, 0.3) is 0 Å². The molecule has 0 unspecified atom stereocenters. The number of nitrogens with zero attached hydrogens (tertiary/aromatic N) is 4. The number of carbonyl (C=O) groups excluding carboxylic acids is 1. The van der Waals surface area contributed by atoms with Gasteiger partial charge < -0.3 is 4.57 Å². The first-order valence-electron chi connectivity index (χ1n) is 10.3. The summed E-state index contributed by atoms with van der Waals surface area (Å²) in [6, 6.07) is 10.1. The van der Waals surface area contributed by atoms with Gasteiger partial charge in [0, 0.05) is 30.5 Å². The van der Waals surface area contributed by atoms with Crippen LogP contribution in [0.3, 0.4) is 0 Å². The third-order valence-corrected chi connectivity index (χ3v) is 6.61. The normalized spacial score (nSPS) is 10.9. The minimum Gasteiger partial charge on any atom is -0.337 e. The molecule has 0 spiro atoms. The molecule has 5 nitrogen and oxygen atoms in total. The molecule has 0 bridgehead atoms. The Balaban J connectivity index is 0.00000289. The highest BCUT2D eigenvalue weighted by Crippen LogP contribution is 2.33. The SMILES string of the molecule is Cc1ccc(CC(=O)N(CCCn2ccnc2)c2nc3c(C)cc(Cl)cc3s2)c(C)c1.Cl.